The van der Waals surface area contributed by atoms with Crippen molar-refractivity contribution < 1.29 is 0 Å². The molecule has 0 saturated carbocycles. The van der Waals surface area contributed by atoms with Crippen molar-refractivity contribution in [1.29, 1.82) is 0 Å². The topological polar surface area (TPSA) is 3.24 Å². The first-order chi connectivity index (χ1) is 10.1. The highest BCUT2D eigenvalue weighted by atomic mass is 15.2. The fourth-order valence-corrected chi connectivity index (χ4v) is 3.40. The molecule has 0 spiro atoms. The van der Waals surface area contributed by atoms with Crippen LogP contribution in [-0.4, -0.2) is 17.5 Å². The van der Waals surface area contributed by atoms with Crippen molar-refractivity contribution in [2.75, 3.05) is 6.54 Å². The van der Waals surface area contributed by atoms with Gasteiger partial charge in [0.15, 0.2) is 0 Å². The van der Waals surface area contributed by atoms with Crippen molar-refractivity contribution in [3.8, 4) is 0 Å². The van der Waals surface area contributed by atoms with Crippen molar-refractivity contribution in [3.63, 3.8) is 0 Å². The van der Waals surface area contributed by atoms with Crippen LogP contribution in [0.25, 0.3) is 0 Å². The number of hydrogen-bond donors (Lipinski definition) is 0. The Morgan fingerprint density at radius 1 is 1.00 bits per heavy atom. The van der Waals surface area contributed by atoms with Gasteiger partial charge in [0.05, 0.1) is 0 Å². The first kappa shape index (κ1) is 14.3. The number of aryl methyl sites for hydroxylation is 1. The lowest BCUT2D eigenvalue weighted by Crippen LogP contribution is -2.39. The van der Waals surface area contributed by atoms with Crippen LogP contribution in [-0.2, 0) is 6.54 Å². The predicted octanol–water partition coefficient (Wildman–Crippen LogP) is 4.66. The molecule has 1 nitrogen and oxygen atoms in total. The fourth-order valence-electron chi connectivity index (χ4n) is 3.40. The van der Waals surface area contributed by atoms with Crippen molar-refractivity contribution >= 4 is 0 Å². The van der Waals surface area contributed by atoms with Gasteiger partial charge in [-0.25, -0.2) is 0 Å². The molecular formula is C20H25N. The van der Waals surface area contributed by atoms with Gasteiger partial charge < -0.3 is 0 Å². The summed E-state index contributed by atoms with van der Waals surface area (Å²) in [6.45, 7) is 11.3. The predicted molar refractivity (Wildman–Crippen MR) is 89.7 cm³/mol. The summed E-state index contributed by atoms with van der Waals surface area (Å²) in [5.74, 6) is 0.497. The van der Waals surface area contributed by atoms with E-state index in [1.54, 1.807) is 5.56 Å². The summed E-state index contributed by atoms with van der Waals surface area (Å²) in [7, 11) is 0. The molecule has 1 heteroatoms. The maximum Gasteiger partial charge on any atom is 0.0242 e. The van der Waals surface area contributed by atoms with E-state index in [-0.39, 0.29) is 0 Å². The van der Waals surface area contributed by atoms with E-state index in [2.05, 4.69) is 75.1 Å². The minimum atomic E-state index is 0.497. The molecule has 0 amide bonds. The van der Waals surface area contributed by atoms with Gasteiger partial charge in [-0.15, -0.1) is 0 Å². The average Bonchev–Trinajstić information content (AvgIpc) is 2.51. The van der Waals surface area contributed by atoms with Crippen LogP contribution in [0.2, 0.25) is 0 Å². The monoisotopic (exact) mass is 279 g/mol. The molecule has 0 N–H and O–H groups in total. The third kappa shape index (κ3) is 2.63. The van der Waals surface area contributed by atoms with Gasteiger partial charge in [-0.05, 0) is 55.5 Å². The molecule has 0 bridgehead atoms. The molecule has 1 aliphatic rings. The van der Waals surface area contributed by atoms with E-state index in [1.807, 2.05) is 0 Å². The summed E-state index contributed by atoms with van der Waals surface area (Å²) in [6, 6.07) is 16.2. The highest BCUT2D eigenvalue weighted by Crippen LogP contribution is 2.36. The Bertz CT molecular complexity index is 628. The van der Waals surface area contributed by atoms with Gasteiger partial charge in [0.1, 0.15) is 0 Å². The van der Waals surface area contributed by atoms with Crippen LogP contribution in [0.4, 0.5) is 0 Å². The van der Waals surface area contributed by atoms with Crippen molar-refractivity contribution in [1.82, 2.24) is 4.90 Å². The molecule has 2 aromatic rings. The van der Waals surface area contributed by atoms with Gasteiger partial charge in [0, 0.05) is 25.0 Å². The van der Waals surface area contributed by atoms with Crippen molar-refractivity contribution in [2.24, 2.45) is 0 Å². The van der Waals surface area contributed by atoms with Crippen LogP contribution in [0.5, 0.6) is 0 Å². The van der Waals surface area contributed by atoms with E-state index < -0.39 is 0 Å². The molecular weight excluding hydrogens is 254 g/mol. The third-order valence-electron chi connectivity index (χ3n) is 4.99. The molecule has 110 valence electrons. The normalized spacial score (nSPS) is 18.8. The van der Waals surface area contributed by atoms with Gasteiger partial charge >= 0.3 is 0 Å². The smallest absolute Gasteiger partial charge is 0.0242 e. The zero-order chi connectivity index (χ0) is 15.0. The Labute approximate surface area is 128 Å². The summed E-state index contributed by atoms with van der Waals surface area (Å²) in [4.78, 5) is 2.60. The Morgan fingerprint density at radius 2 is 1.71 bits per heavy atom. The first-order valence-corrected chi connectivity index (χ1v) is 7.96. The Balaban J connectivity index is 2.11. The molecule has 3 rings (SSSR count). The lowest BCUT2D eigenvalue weighted by Gasteiger charge is -2.38. The lowest BCUT2D eigenvalue weighted by atomic mass is 9.81. The third-order valence-corrected chi connectivity index (χ3v) is 4.99. The Morgan fingerprint density at radius 3 is 2.38 bits per heavy atom. The van der Waals surface area contributed by atoms with E-state index in [0.29, 0.717) is 12.0 Å². The molecule has 0 aliphatic carbocycles. The molecule has 0 radical (unpaired) electrons. The molecule has 0 fully saturated rings. The van der Waals surface area contributed by atoms with Gasteiger partial charge in [0.2, 0.25) is 0 Å². The quantitative estimate of drug-likeness (QED) is 0.773. The van der Waals surface area contributed by atoms with E-state index in [0.717, 1.165) is 13.1 Å². The van der Waals surface area contributed by atoms with Gasteiger partial charge in [0.25, 0.3) is 0 Å². The molecule has 2 aromatic carbocycles. The van der Waals surface area contributed by atoms with Gasteiger partial charge in [-0.1, -0.05) is 42.5 Å². The van der Waals surface area contributed by atoms with E-state index in [4.69, 9.17) is 0 Å². The van der Waals surface area contributed by atoms with Crippen LogP contribution < -0.4 is 0 Å². The van der Waals surface area contributed by atoms with Gasteiger partial charge in [-0.2, -0.15) is 0 Å². The molecule has 21 heavy (non-hydrogen) atoms. The maximum absolute atomic E-state index is 2.60. The van der Waals surface area contributed by atoms with Crippen LogP contribution >= 0.6 is 0 Å². The van der Waals surface area contributed by atoms with Crippen LogP contribution in [0, 0.1) is 13.8 Å². The van der Waals surface area contributed by atoms with E-state index in [9.17, 15) is 0 Å². The number of rotatable bonds is 2. The molecule has 1 aliphatic heterocycles. The summed E-state index contributed by atoms with van der Waals surface area (Å²) in [6.07, 6.45) is 0. The highest BCUT2D eigenvalue weighted by molar-refractivity contribution is 5.46. The van der Waals surface area contributed by atoms with Crippen molar-refractivity contribution in [2.45, 2.75) is 46.2 Å². The standard InChI is InChI=1S/C20H25N/c1-14(2)21-12-19-16(4)15(3)10-11-18(19)20(13-21)17-8-6-5-7-9-17/h5-11,14,20H,12-13H2,1-4H3. The molecule has 1 atom stereocenters. The van der Waals surface area contributed by atoms with Crippen LogP contribution in [0.1, 0.15) is 47.6 Å². The largest absolute Gasteiger partial charge is 0.296 e. The molecule has 0 saturated heterocycles. The second kappa shape index (κ2) is 5.65. The minimum absolute atomic E-state index is 0.497. The molecule has 1 unspecified atom stereocenters. The number of nitrogens with zero attached hydrogens (tertiary/aromatic N) is 1. The number of hydrogen-bond acceptors (Lipinski definition) is 1. The van der Waals surface area contributed by atoms with Crippen LogP contribution in [0.15, 0.2) is 42.5 Å². The number of fused-ring (bicyclic) bond motifs is 1. The summed E-state index contributed by atoms with van der Waals surface area (Å²) >= 11 is 0. The van der Waals surface area contributed by atoms with Crippen LogP contribution in [0.3, 0.4) is 0 Å². The Kier molecular flexibility index (Phi) is 3.86. The average molecular weight is 279 g/mol. The zero-order valence-corrected chi connectivity index (χ0v) is 13.6. The summed E-state index contributed by atoms with van der Waals surface area (Å²) in [5, 5.41) is 0. The highest BCUT2D eigenvalue weighted by Gasteiger charge is 2.28. The maximum atomic E-state index is 2.60. The lowest BCUT2D eigenvalue weighted by molar-refractivity contribution is 0.192. The summed E-state index contributed by atoms with van der Waals surface area (Å²) in [5.41, 5.74) is 7.39. The van der Waals surface area contributed by atoms with Crippen molar-refractivity contribution in [3.05, 3.63) is 70.3 Å². The van der Waals surface area contributed by atoms with E-state index in [1.165, 1.54) is 22.3 Å². The fraction of sp³-hybridized carbons (Fsp3) is 0.400. The Hall–Kier alpha value is -1.60. The number of benzene rings is 2. The second-order valence-electron chi connectivity index (χ2n) is 6.56. The molecule has 0 aromatic heterocycles. The zero-order valence-electron chi connectivity index (χ0n) is 13.6. The second-order valence-corrected chi connectivity index (χ2v) is 6.56. The summed E-state index contributed by atoms with van der Waals surface area (Å²) < 4.78 is 0. The SMILES string of the molecule is Cc1ccc2c(c1C)CN(C(C)C)CC2c1ccccc1. The minimum Gasteiger partial charge on any atom is -0.296 e. The van der Waals surface area contributed by atoms with E-state index >= 15 is 0 Å². The first-order valence-electron chi connectivity index (χ1n) is 7.96. The molecule has 1 heterocycles. The van der Waals surface area contributed by atoms with Gasteiger partial charge in [-0.3, -0.25) is 4.90 Å².